The van der Waals surface area contributed by atoms with Crippen LogP contribution in [0.25, 0.3) is 21.9 Å². The monoisotopic (exact) mass is 368 g/mol. The molecule has 0 spiro atoms. The number of hydrogen-bond donors (Lipinski definition) is 1. The topological polar surface area (TPSA) is 73.5 Å². The molecule has 7 heteroatoms. The standard InChI is InChI=1S/C19H16N2O4S/c22-26(23,19-11-13-3-1-2-4-17(13)25-19)21-9-7-14-15-12-20-8-10-24-18(15)6-5-16(14)21/h1-7,9,11,20H,8,10,12H2. The molecule has 0 aliphatic carbocycles. The summed E-state index contributed by atoms with van der Waals surface area (Å²) in [6, 6.07) is 14.2. The molecule has 3 heterocycles. The molecule has 0 fully saturated rings. The van der Waals surface area contributed by atoms with E-state index in [0.717, 1.165) is 28.6 Å². The number of ether oxygens (including phenoxy) is 1. The molecule has 1 aliphatic rings. The van der Waals surface area contributed by atoms with Crippen LogP contribution in [0.2, 0.25) is 0 Å². The van der Waals surface area contributed by atoms with Crippen molar-refractivity contribution in [3.63, 3.8) is 0 Å². The van der Waals surface area contributed by atoms with Gasteiger partial charge in [-0.25, -0.2) is 3.97 Å². The van der Waals surface area contributed by atoms with E-state index in [1.807, 2.05) is 30.3 Å². The van der Waals surface area contributed by atoms with Crippen molar-refractivity contribution in [3.8, 4) is 5.75 Å². The third-order valence-electron chi connectivity index (χ3n) is 4.66. The molecule has 6 nitrogen and oxygen atoms in total. The number of rotatable bonds is 2. The lowest BCUT2D eigenvalue weighted by molar-refractivity contribution is 0.326. The highest BCUT2D eigenvalue weighted by Crippen LogP contribution is 2.32. The minimum atomic E-state index is -3.83. The minimum Gasteiger partial charge on any atom is -0.492 e. The van der Waals surface area contributed by atoms with Crippen LogP contribution in [0.4, 0.5) is 0 Å². The molecule has 1 N–H and O–H groups in total. The Bertz CT molecular complexity index is 1200. The van der Waals surface area contributed by atoms with Gasteiger partial charge in [-0.05, 0) is 24.3 Å². The first-order chi connectivity index (χ1) is 12.6. The van der Waals surface area contributed by atoms with Crippen molar-refractivity contribution >= 4 is 31.9 Å². The highest BCUT2D eigenvalue weighted by atomic mass is 32.2. The first-order valence-corrected chi connectivity index (χ1v) is 9.79. The average Bonchev–Trinajstić information content (AvgIpc) is 3.20. The van der Waals surface area contributed by atoms with Gasteiger partial charge in [0.15, 0.2) is 0 Å². The first-order valence-electron chi connectivity index (χ1n) is 8.35. The fraction of sp³-hybridized carbons (Fsp3) is 0.158. The van der Waals surface area contributed by atoms with Gasteiger partial charge in [-0.2, -0.15) is 8.42 Å². The molecule has 5 rings (SSSR count). The second-order valence-corrected chi connectivity index (χ2v) is 7.97. The molecule has 2 aromatic heterocycles. The molecular weight excluding hydrogens is 352 g/mol. The summed E-state index contributed by atoms with van der Waals surface area (Å²) in [5, 5.41) is 4.84. The van der Waals surface area contributed by atoms with Gasteiger partial charge in [0, 0.05) is 41.7 Å². The third-order valence-corrected chi connectivity index (χ3v) is 6.21. The fourth-order valence-electron chi connectivity index (χ4n) is 3.39. The summed E-state index contributed by atoms with van der Waals surface area (Å²) in [4.78, 5) is 0. The average molecular weight is 368 g/mol. The molecule has 0 saturated heterocycles. The number of furan rings is 1. The number of aromatic nitrogens is 1. The maximum absolute atomic E-state index is 13.1. The zero-order valence-corrected chi connectivity index (χ0v) is 14.6. The molecular formula is C19H16N2O4S. The van der Waals surface area contributed by atoms with Crippen LogP contribution < -0.4 is 10.1 Å². The highest BCUT2D eigenvalue weighted by molar-refractivity contribution is 7.90. The number of hydrogen-bond acceptors (Lipinski definition) is 5. The van der Waals surface area contributed by atoms with Gasteiger partial charge in [0.2, 0.25) is 5.09 Å². The van der Waals surface area contributed by atoms with Crippen molar-refractivity contribution in [2.24, 2.45) is 0 Å². The maximum Gasteiger partial charge on any atom is 0.301 e. The lowest BCUT2D eigenvalue weighted by atomic mass is 10.1. The Kier molecular flexibility index (Phi) is 3.35. The first kappa shape index (κ1) is 15.5. The molecule has 0 bridgehead atoms. The minimum absolute atomic E-state index is 0.0690. The lowest BCUT2D eigenvalue weighted by Crippen LogP contribution is -2.16. The summed E-state index contributed by atoms with van der Waals surface area (Å²) >= 11 is 0. The van der Waals surface area contributed by atoms with Gasteiger partial charge >= 0.3 is 10.0 Å². The van der Waals surface area contributed by atoms with Crippen molar-refractivity contribution in [1.29, 1.82) is 0 Å². The van der Waals surface area contributed by atoms with Gasteiger partial charge in [-0.3, -0.25) is 0 Å². The highest BCUT2D eigenvalue weighted by Gasteiger charge is 2.25. The van der Waals surface area contributed by atoms with Crippen LogP contribution in [-0.4, -0.2) is 25.5 Å². The van der Waals surface area contributed by atoms with Gasteiger partial charge < -0.3 is 14.5 Å². The van der Waals surface area contributed by atoms with Crippen molar-refractivity contribution in [2.45, 2.75) is 11.6 Å². The van der Waals surface area contributed by atoms with E-state index in [-0.39, 0.29) is 5.09 Å². The molecule has 4 aromatic rings. The number of benzene rings is 2. The van der Waals surface area contributed by atoms with Gasteiger partial charge in [-0.15, -0.1) is 0 Å². The zero-order valence-electron chi connectivity index (χ0n) is 13.8. The molecule has 26 heavy (non-hydrogen) atoms. The van der Waals surface area contributed by atoms with Gasteiger partial charge in [0.25, 0.3) is 0 Å². The van der Waals surface area contributed by atoms with E-state index in [0.29, 0.717) is 24.3 Å². The van der Waals surface area contributed by atoms with E-state index in [1.165, 1.54) is 3.97 Å². The van der Waals surface area contributed by atoms with E-state index < -0.39 is 10.0 Å². The molecule has 2 aromatic carbocycles. The van der Waals surface area contributed by atoms with E-state index in [1.54, 1.807) is 24.4 Å². The van der Waals surface area contributed by atoms with Crippen LogP contribution in [0.5, 0.6) is 5.75 Å². The van der Waals surface area contributed by atoms with Gasteiger partial charge in [0.05, 0.1) is 5.52 Å². The van der Waals surface area contributed by atoms with Gasteiger partial charge in [-0.1, -0.05) is 18.2 Å². The smallest absolute Gasteiger partial charge is 0.301 e. The summed E-state index contributed by atoms with van der Waals surface area (Å²) in [7, 11) is -3.83. The Hall–Kier alpha value is -2.77. The second-order valence-electron chi connectivity index (χ2n) is 6.22. The van der Waals surface area contributed by atoms with E-state index >= 15 is 0 Å². The van der Waals surface area contributed by atoms with E-state index in [2.05, 4.69) is 5.32 Å². The normalized spacial score (nSPS) is 14.9. The van der Waals surface area contributed by atoms with Crippen molar-refractivity contribution in [3.05, 3.63) is 60.3 Å². The summed E-state index contributed by atoms with van der Waals surface area (Å²) in [5.41, 5.74) is 2.13. The molecule has 0 atom stereocenters. The fourth-order valence-corrected chi connectivity index (χ4v) is 4.69. The number of nitrogens with zero attached hydrogens (tertiary/aromatic N) is 1. The Balaban J connectivity index is 1.69. The lowest BCUT2D eigenvalue weighted by Gasteiger charge is -2.09. The maximum atomic E-state index is 13.1. The number of para-hydroxylation sites is 1. The van der Waals surface area contributed by atoms with Crippen LogP contribution in [0.1, 0.15) is 5.56 Å². The van der Waals surface area contributed by atoms with Crippen molar-refractivity contribution in [2.75, 3.05) is 13.2 Å². The summed E-state index contributed by atoms with van der Waals surface area (Å²) in [6.45, 7) is 1.99. The van der Waals surface area contributed by atoms with Crippen LogP contribution >= 0.6 is 0 Å². The summed E-state index contributed by atoms with van der Waals surface area (Å²) in [5.74, 6) is 0.793. The van der Waals surface area contributed by atoms with E-state index in [9.17, 15) is 8.42 Å². The predicted molar refractivity (Wildman–Crippen MR) is 97.9 cm³/mol. The van der Waals surface area contributed by atoms with Crippen LogP contribution in [0, 0.1) is 0 Å². The number of nitrogens with one attached hydrogen (secondary N) is 1. The molecule has 0 amide bonds. The predicted octanol–water partition coefficient (Wildman–Crippen LogP) is 3.11. The quantitative estimate of drug-likeness (QED) is 0.589. The molecule has 0 unspecified atom stereocenters. The second kappa shape index (κ2) is 5.62. The largest absolute Gasteiger partial charge is 0.492 e. The summed E-state index contributed by atoms with van der Waals surface area (Å²) in [6.07, 6.45) is 1.57. The Labute approximate surface area is 150 Å². The van der Waals surface area contributed by atoms with Crippen LogP contribution in [0.15, 0.2) is 64.2 Å². The Morgan fingerprint density at radius 2 is 1.96 bits per heavy atom. The third kappa shape index (κ3) is 2.24. The molecule has 132 valence electrons. The molecule has 0 saturated carbocycles. The van der Waals surface area contributed by atoms with Crippen molar-refractivity contribution in [1.82, 2.24) is 9.29 Å². The van der Waals surface area contributed by atoms with Crippen LogP contribution in [0.3, 0.4) is 0 Å². The SMILES string of the molecule is O=S(=O)(c1cc2ccccc2o1)n1ccc2c3c(ccc21)OCCNC3. The van der Waals surface area contributed by atoms with Gasteiger partial charge in [0.1, 0.15) is 17.9 Å². The van der Waals surface area contributed by atoms with Crippen molar-refractivity contribution < 1.29 is 17.6 Å². The Morgan fingerprint density at radius 1 is 1.08 bits per heavy atom. The molecule has 0 radical (unpaired) electrons. The molecule has 1 aliphatic heterocycles. The Morgan fingerprint density at radius 3 is 2.85 bits per heavy atom. The van der Waals surface area contributed by atoms with Crippen LogP contribution in [-0.2, 0) is 16.6 Å². The number of fused-ring (bicyclic) bond motifs is 4. The van der Waals surface area contributed by atoms with E-state index in [4.69, 9.17) is 9.15 Å². The zero-order chi connectivity index (χ0) is 17.7. The summed E-state index contributed by atoms with van der Waals surface area (Å²) < 4.78 is 38.9.